The third kappa shape index (κ3) is 2.83. The van der Waals surface area contributed by atoms with Crippen molar-refractivity contribution in [3.8, 4) is 0 Å². The van der Waals surface area contributed by atoms with Crippen molar-refractivity contribution in [3.63, 3.8) is 0 Å². The lowest BCUT2D eigenvalue weighted by Crippen LogP contribution is -2.29. The van der Waals surface area contributed by atoms with Gasteiger partial charge in [-0.25, -0.2) is 0 Å². The molecule has 90 valence electrons. The molecule has 0 saturated heterocycles. The normalized spacial score (nSPS) is 11.6. The van der Waals surface area contributed by atoms with Gasteiger partial charge in [0, 0.05) is 5.56 Å². The molecule has 0 aliphatic heterocycles. The Bertz CT molecular complexity index is 523. The van der Waals surface area contributed by atoms with Crippen molar-refractivity contribution in [2.24, 2.45) is 0 Å². The monoisotopic (exact) mass is 239 g/mol. The molecule has 0 heterocycles. The van der Waals surface area contributed by atoms with Crippen LogP contribution in [-0.2, 0) is 4.79 Å². The van der Waals surface area contributed by atoms with Crippen LogP contribution in [0.2, 0.25) is 0 Å². The minimum Gasteiger partial charge on any atom is -0.338 e. The molecule has 0 aromatic heterocycles. The highest BCUT2D eigenvalue weighted by Crippen LogP contribution is 2.11. The molecule has 1 atom stereocenters. The fourth-order valence-corrected chi connectivity index (χ4v) is 1.67. The van der Waals surface area contributed by atoms with Gasteiger partial charge in [0.1, 0.15) is 12.3 Å². The zero-order valence-electron chi connectivity index (χ0n) is 9.74. The summed E-state index contributed by atoms with van der Waals surface area (Å²) in [6.07, 6.45) is 0.732. The Labute approximate surface area is 105 Å². The highest BCUT2D eigenvalue weighted by atomic mass is 16.2. The van der Waals surface area contributed by atoms with E-state index in [-0.39, 0.29) is 5.91 Å². The molecule has 1 N–H and O–H groups in total. The topological polar surface area (TPSA) is 46.2 Å². The second kappa shape index (κ2) is 5.77. The third-order valence-electron chi connectivity index (χ3n) is 2.62. The van der Waals surface area contributed by atoms with Crippen LogP contribution in [0.25, 0.3) is 0 Å². The first kappa shape index (κ1) is 12.0. The zero-order chi connectivity index (χ0) is 12.8. The van der Waals surface area contributed by atoms with Crippen molar-refractivity contribution < 1.29 is 9.59 Å². The average Bonchev–Trinajstić information content (AvgIpc) is 2.46. The van der Waals surface area contributed by atoms with Crippen molar-refractivity contribution in [3.05, 3.63) is 71.8 Å². The van der Waals surface area contributed by atoms with Crippen LogP contribution in [0, 0.1) is 0 Å². The van der Waals surface area contributed by atoms with E-state index in [4.69, 9.17) is 0 Å². The fraction of sp³-hybridized carbons (Fsp3) is 0.0667. The molecule has 2 rings (SSSR count). The van der Waals surface area contributed by atoms with Gasteiger partial charge in [-0.1, -0.05) is 48.5 Å². The van der Waals surface area contributed by atoms with E-state index in [1.807, 2.05) is 36.4 Å². The first-order valence-corrected chi connectivity index (χ1v) is 5.67. The Morgan fingerprint density at radius 2 is 1.50 bits per heavy atom. The van der Waals surface area contributed by atoms with Gasteiger partial charge in [0.25, 0.3) is 5.91 Å². The van der Waals surface area contributed by atoms with E-state index in [2.05, 4.69) is 5.32 Å². The van der Waals surface area contributed by atoms with Gasteiger partial charge in [0.2, 0.25) is 0 Å². The molecule has 0 fully saturated rings. The molecule has 0 radical (unpaired) electrons. The molecule has 18 heavy (non-hydrogen) atoms. The van der Waals surface area contributed by atoms with Gasteiger partial charge in [0.15, 0.2) is 0 Å². The number of amides is 1. The minimum absolute atomic E-state index is 0.253. The van der Waals surface area contributed by atoms with Gasteiger partial charge >= 0.3 is 0 Å². The van der Waals surface area contributed by atoms with Gasteiger partial charge in [-0.2, -0.15) is 0 Å². The molecule has 2 aromatic rings. The van der Waals surface area contributed by atoms with Crippen LogP contribution in [0.3, 0.4) is 0 Å². The summed E-state index contributed by atoms with van der Waals surface area (Å²) in [5, 5.41) is 2.69. The Hall–Kier alpha value is -2.42. The molecule has 2 aromatic carbocycles. The molecule has 0 saturated carbocycles. The number of benzene rings is 2. The Balaban J connectivity index is 2.13. The molecule has 0 aliphatic carbocycles. The smallest absolute Gasteiger partial charge is 0.252 e. The summed E-state index contributed by atoms with van der Waals surface area (Å²) in [5.74, 6) is -0.253. The lowest BCUT2D eigenvalue weighted by Gasteiger charge is -2.12. The lowest BCUT2D eigenvalue weighted by atomic mass is 10.1. The highest BCUT2D eigenvalue weighted by molar-refractivity contribution is 5.95. The van der Waals surface area contributed by atoms with Crippen LogP contribution in [0.5, 0.6) is 0 Å². The molecule has 0 bridgehead atoms. The van der Waals surface area contributed by atoms with Crippen LogP contribution in [-0.4, -0.2) is 12.2 Å². The molecule has 0 spiro atoms. The number of carbonyl (C=O) groups is 2. The van der Waals surface area contributed by atoms with Gasteiger partial charge in [0.05, 0.1) is 0 Å². The molecular weight excluding hydrogens is 226 g/mol. The number of aldehydes is 1. The molecule has 3 nitrogen and oxygen atoms in total. The van der Waals surface area contributed by atoms with E-state index in [0.29, 0.717) is 5.56 Å². The molecule has 3 heteroatoms. The number of hydrogen-bond acceptors (Lipinski definition) is 2. The fourth-order valence-electron chi connectivity index (χ4n) is 1.67. The Kier molecular flexibility index (Phi) is 3.86. The lowest BCUT2D eigenvalue weighted by molar-refractivity contribution is -0.109. The van der Waals surface area contributed by atoms with Crippen molar-refractivity contribution >= 4 is 12.2 Å². The first-order chi connectivity index (χ1) is 8.81. The van der Waals surface area contributed by atoms with E-state index in [0.717, 1.165) is 11.8 Å². The van der Waals surface area contributed by atoms with Crippen molar-refractivity contribution in [2.75, 3.05) is 0 Å². The molecule has 1 amide bonds. The standard InChI is InChI=1S/C15H13NO2/c17-11-14(12-7-3-1-4-8-12)16-15(18)13-9-5-2-6-10-13/h1-11,14H,(H,16,18)/t14-/m0/s1. The number of nitrogens with one attached hydrogen (secondary N) is 1. The average molecular weight is 239 g/mol. The van der Waals surface area contributed by atoms with E-state index in [9.17, 15) is 9.59 Å². The van der Waals surface area contributed by atoms with Gasteiger partial charge < -0.3 is 10.1 Å². The Morgan fingerprint density at radius 1 is 0.944 bits per heavy atom. The maximum atomic E-state index is 11.9. The number of carbonyl (C=O) groups excluding carboxylic acids is 2. The minimum atomic E-state index is -0.612. The van der Waals surface area contributed by atoms with Crippen LogP contribution in [0.4, 0.5) is 0 Å². The van der Waals surface area contributed by atoms with Crippen molar-refractivity contribution in [1.82, 2.24) is 5.32 Å². The summed E-state index contributed by atoms with van der Waals surface area (Å²) < 4.78 is 0. The first-order valence-electron chi connectivity index (χ1n) is 5.67. The molecular formula is C15H13NO2. The predicted octanol–water partition coefficient (Wildman–Crippen LogP) is 2.36. The van der Waals surface area contributed by atoms with E-state index in [1.54, 1.807) is 24.3 Å². The molecule has 0 aliphatic rings. The predicted molar refractivity (Wildman–Crippen MR) is 69.2 cm³/mol. The van der Waals surface area contributed by atoms with Crippen LogP contribution in [0.15, 0.2) is 60.7 Å². The van der Waals surface area contributed by atoms with Gasteiger partial charge in [-0.05, 0) is 17.7 Å². The zero-order valence-corrected chi connectivity index (χ0v) is 9.74. The quantitative estimate of drug-likeness (QED) is 0.832. The van der Waals surface area contributed by atoms with Gasteiger partial charge in [-0.15, -0.1) is 0 Å². The van der Waals surface area contributed by atoms with Gasteiger partial charge in [-0.3, -0.25) is 4.79 Å². The summed E-state index contributed by atoms with van der Waals surface area (Å²) in [7, 11) is 0. The van der Waals surface area contributed by atoms with Crippen LogP contribution < -0.4 is 5.32 Å². The van der Waals surface area contributed by atoms with Crippen molar-refractivity contribution in [1.29, 1.82) is 0 Å². The number of rotatable bonds is 4. The van der Waals surface area contributed by atoms with E-state index >= 15 is 0 Å². The van der Waals surface area contributed by atoms with Crippen molar-refractivity contribution in [2.45, 2.75) is 6.04 Å². The maximum Gasteiger partial charge on any atom is 0.252 e. The second-order valence-corrected chi connectivity index (χ2v) is 3.86. The van der Waals surface area contributed by atoms with Crippen LogP contribution >= 0.6 is 0 Å². The Morgan fingerprint density at radius 3 is 2.06 bits per heavy atom. The molecule has 0 unspecified atom stereocenters. The highest BCUT2D eigenvalue weighted by Gasteiger charge is 2.13. The maximum absolute atomic E-state index is 11.9. The summed E-state index contributed by atoms with van der Waals surface area (Å²) >= 11 is 0. The number of hydrogen-bond donors (Lipinski definition) is 1. The largest absolute Gasteiger partial charge is 0.338 e. The summed E-state index contributed by atoms with van der Waals surface area (Å²) in [4.78, 5) is 23.0. The summed E-state index contributed by atoms with van der Waals surface area (Å²) in [5.41, 5.74) is 1.32. The summed E-state index contributed by atoms with van der Waals surface area (Å²) in [6, 6.07) is 17.4. The third-order valence-corrected chi connectivity index (χ3v) is 2.62. The van der Waals surface area contributed by atoms with E-state index < -0.39 is 6.04 Å². The summed E-state index contributed by atoms with van der Waals surface area (Å²) in [6.45, 7) is 0. The SMILES string of the molecule is O=C[C@H](NC(=O)c1ccccc1)c1ccccc1. The second-order valence-electron chi connectivity index (χ2n) is 3.86. The van der Waals surface area contributed by atoms with Crippen LogP contribution in [0.1, 0.15) is 22.0 Å². The van der Waals surface area contributed by atoms with E-state index in [1.165, 1.54) is 0 Å².